The van der Waals surface area contributed by atoms with Crippen LogP contribution in [0.5, 0.6) is 0 Å². The number of hydrogen-bond acceptors (Lipinski definition) is 5. The minimum Gasteiger partial charge on any atom is -0.394 e. The second kappa shape index (κ2) is 10.9. The van der Waals surface area contributed by atoms with E-state index in [1.807, 2.05) is 60.7 Å². The Hall–Kier alpha value is -2.84. The van der Waals surface area contributed by atoms with Crippen LogP contribution in [-0.4, -0.2) is 63.0 Å². The number of fused-ring (bicyclic) bond motifs is 1. The van der Waals surface area contributed by atoms with Crippen molar-refractivity contribution in [3.63, 3.8) is 0 Å². The van der Waals surface area contributed by atoms with E-state index >= 15 is 0 Å². The van der Waals surface area contributed by atoms with Gasteiger partial charge < -0.3 is 20.6 Å². The Morgan fingerprint density at radius 1 is 1.11 bits per heavy atom. The molecule has 3 saturated heterocycles. The molecule has 6 atom stereocenters. The fourth-order valence-corrected chi connectivity index (χ4v) is 8.66. The Kier molecular flexibility index (Phi) is 7.58. The molecule has 0 saturated carbocycles. The predicted octanol–water partition coefficient (Wildman–Crippen LogP) is 3.24. The molecular formula is C29H35N3O4S. The normalized spacial score (nSPS) is 28.7. The summed E-state index contributed by atoms with van der Waals surface area (Å²) in [4.78, 5) is 43.2. The summed E-state index contributed by atoms with van der Waals surface area (Å²) < 4.78 is -0.666. The first-order valence-corrected chi connectivity index (χ1v) is 14.2. The average molecular weight is 522 g/mol. The van der Waals surface area contributed by atoms with Crippen LogP contribution in [0, 0.1) is 11.8 Å². The van der Waals surface area contributed by atoms with E-state index in [4.69, 9.17) is 0 Å². The van der Waals surface area contributed by atoms with E-state index in [1.165, 1.54) is 0 Å². The number of rotatable bonds is 10. The third-order valence-corrected chi connectivity index (χ3v) is 10.0. The zero-order chi connectivity index (χ0) is 26.0. The number of thioether (sulfide) groups is 1. The van der Waals surface area contributed by atoms with Crippen molar-refractivity contribution in [1.82, 2.24) is 10.2 Å². The van der Waals surface area contributed by atoms with Gasteiger partial charge in [-0.1, -0.05) is 61.9 Å². The van der Waals surface area contributed by atoms with Gasteiger partial charge in [0.25, 0.3) is 0 Å². The zero-order valence-electron chi connectivity index (χ0n) is 21.1. The van der Waals surface area contributed by atoms with Crippen LogP contribution in [0.15, 0.2) is 60.7 Å². The summed E-state index contributed by atoms with van der Waals surface area (Å²) in [5.41, 5.74) is 1.69. The van der Waals surface area contributed by atoms with Crippen LogP contribution in [0.4, 0.5) is 5.69 Å². The Balaban J connectivity index is 1.48. The average Bonchev–Trinajstić information content (AvgIpc) is 3.56. The number of likely N-dealkylation sites (tertiary alicyclic amines) is 1. The van der Waals surface area contributed by atoms with Gasteiger partial charge in [0.2, 0.25) is 17.7 Å². The summed E-state index contributed by atoms with van der Waals surface area (Å²) in [5, 5.41) is 16.5. The number of carbonyl (C=O) groups is 3. The number of anilines is 1. The lowest BCUT2D eigenvalue weighted by atomic mass is 9.70. The maximum atomic E-state index is 14.2. The third-order valence-electron chi connectivity index (χ3n) is 8.08. The topological polar surface area (TPSA) is 98.7 Å². The highest BCUT2D eigenvalue weighted by Gasteiger charge is 2.74. The lowest BCUT2D eigenvalue weighted by Gasteiger charge is -2.37. The highest BCUT2D eigenvalue weighted by molar-refractivity contribution is 8.02. The summed E-state index contributed by atoms with van der Waals surface area (Å²) in [6.07, 6.45) is 3.75. The number of para-hydroxylation sites is 1. The quantitative estimate of drug-likeness (QED) is 0.417. The van der Waals surface area contributed by atoms with Crippen molar-refractivity contribution in [3.05, 3.63) is 66.2 Å². The predicted molar refractivity (Wildman–Crippen MR) is 145 cm³/mol. The first kappa shape index (κ1) is 25.8. The number of aliphatic hydroxyl groups excluding tert-OH is 1. The van der Waals surface area contributed by atoms with Crippen molar-refractivity contribution in [2.24, 2.45) is 11.8 Å². The number of unbranched alkanes of at least 4 members (excludes halogenated alkanes) is 1. The molecule has 2 aromatic carbocycles. The highest BCUT2D eigenvalue weighted by atomic mass is 32.2. The van der Waals surface area contributed by atoms with Gasteiger partial charge in [0.15, 0.2) is 0 Å². The number of amides is 3. The van der Waals surface area contributed by atoms with Crippen molar-refractivity contribution in [2.45, 2.75) is 61.1 Å². The summed E-state index contributed by atoms with van der Waals surface area (Å²) in [7, 11) is 0. The van der Waals surface area contributed by atoms with Crippen LogP contribution in [-0.2, 0) is 20.8 Å². The second-order valence-corrected chi connectivity index (χ2v) is 11.9. The molecular weight excluding hydrogens is 486 g/mol. The van der Waals surface area contributed by atoms with Gasteiger partial charge >= 0.3 is 0 Å². The molecule has 3 heterocycles. The lowest BCUT2D eigenvalue weighted by Crippen LogP contribution is -2.57. The van der Waals surface area contributed by atoms with Crippen molar-refractivity contribution >= 4 is 35.2 Å². The number of nitrogens with one attached hydrogen (secondary N) is 2. The Morgan fingerprint density at radius 2 is 1.81 bits per heavy atom. The van der Waals surface area contributed by atoms with Gasteiger partial charge in [-0.05, 0) is 43.4 Å². The van der Waals surface area contributed by atoms with E-state index in [1.54, 1.807) is 16.7 Å². The van der Waals surface area contributed by atoms with Gasteiger partial charge in [-0.3, -0.25) is 14.4 Å². The van der Waals surface area contributed by atoms with Crippen LogP contribution in [0.3, 0.4) is 0 Å². The Bertz CT molecular complexity index is 1130. The van der Waals surface area contributed by atoms with Gasteiger partial charge in [0.05, 0.1) is 29.2 Å². The van der Waals surface area contributed by atoms with E-state index in [9.17, 15) is 19.5 Å². The summed E-state index contributed by atoms with van der Waals surface area (Å²) >= 11 is 1.65. The van der Waals surface area contributed by atoms with Gasteiger partial charge in [0.1, 0.15) is 6.04 Å². The maximum Gasteiger partial charge on any atom is 0.244 e. The maximum absolute atomic E-state index is 14.2. The van der Waals surface area contributed by atoms with E-state index in [0.29, 0.717) is 25.1 Å². The van der Waals surface area contributed by atoms with Crippen LogP contribution in [0.2, 0.25) is 0 Å². The second-order valence-electron chi connectivity index (χ2n) is 10.3. The standard InChI is InChI=1S/C29H35N3O4S/c1-2-3-16-30-27(35)25-29-15-14-22(37-29)23(26(34)31-20-12-8-5-9-13-20)24(29)28(36)32(25)21(18-33)17-19-10-6-4-7-11-19/h4-13,21-25,33H,2-3,14-18H2,1H3,(H,30,35)(H,31,34)/t21-,22-,23+,24+,25?,29?/m1/s1. The summed E-state index contributed by atoms with van der Waals surface area (Å²) in [6, 6.07) is 17.7. The number of aliphatic hydroxyl groups is 1. The first-order valence-electron chi connectivity index (χ1n) is 13.3. The highest BCUT2D eigenvalue weighted by Crippen LogP contribution is 2.66. The molecule has 196 valence electrons. The molecule has 3 fully saturated rings. The van der Waals surface area contributed by atoms with E-state index in [-0.39, 0.29) is 29.6 Å². The van der Waals surface area contributed by atoms with Crippen LogP contribution in [0.1, 0.15) is 38.2 Å². The van der Waals surface area contributed by atoms with Gasteiger partial charge in [0, 0.05) is 17.5 Å². The fourth-order valence-electron chi connectivity index (χ4n) is 6.45. The van der Waals surface area contributed by atoms with E-state index in [2.05, 4.69) is 17.6 Å². The largest absolute Gasteiger partial charge is 0.394 e. The molecule has 3 N–H and O–H groups in total. The number of carbonyl (C=O) groups excluding carboxylic acids is 3. The molecule has 2 unspecified atom stereocenters. The van der Waals surface area contributed by atoms with Gasteiger partial charge in [-0.15, -0.1) is 11.8 Å². The Morgan fingerprint density at radius 3 is 2.49 bits per heavy atom. The monoisotopic (exact) mass is 521 g/mol. The molecule has 0 radical (unpaired) electrons. The van der Waals surface area contributed by atoms with Crippen molar-refractivity contribution in [3.8, 4) is 0 Å². The molecule has 5 rings (SSSR count). The third kappa shape index (κ3) is 4.66. The van der Waals surface area contributed by atoms with Gasteiger partial charge in [-0.25, -0.2) is 0 Å². The molecule has 37 heavy (non-hydrogen) atoms. The van der Waals surface area contributed by atoms with Gasteiger partial charge in [-0.2, -0.15) is 0 Å². The molecule has 8 heteroatoms. The van der Waals surface area contributed by atoms with Crippen LogP contribution >= 0.6 is 11.8 Å². The minimum absolute atomic E-state index is 0.00699. The summed E-state index contributed by atoms with van der Waals surface area (Å²) in [6.45, 7) is 2.36. The molecule has 7 nitrogen and oxygen atoms in total. The molecule has 3 aliphatic heterocycles. The number of hydrogen-bond donors (Lipinski definition) is 3. The summed E-state index contributed by atoms with van der Waals surface area (Å²) in [5.74, 6) is -1.63. The molecule has 3 aliphatic rings. The Labute approximate surface area is 222 Å². The van der Waals surface area contributed by atoms with Crippen molar-refractivity contribution in [1.29, 1.82) is 0 Å². The molecule has 2 aromatic rings. The minimum atomic E-state index is -0.716. The SMILES string of the molecule is CCCCNC(=O)C1N([C@@H](CO)Cc2ccccc2)C(=O)[C@@H]2[C@@H](C(=O)Nc3ccccc3)[C@H]3CCC12S3. The molecule has 3 amide bonds. The van der Waals surface area contributed by atoms with Crippen LogP contribution in [0.25, 0.3) is 0 Å². The number of nitrogens with zero attached hydrogens (tertiary/aromatic N) is 1. The lowest BCUT2D eigenvalue weighted by molar-refractivity contribution is -0.142. The smallest absolute Gasteiger partial charge is 0.244 e. The number of benzene rings is 2. The first-order chi connectivity index (χ1) is 18.0. The van der Waals surface area contributed by atoms with Crippen LogP contribution < -0.4 is 10.6 Å². The zero-order valence-corrected chi connectivity index (χ0v) is 22.0. The van der Waals surface area contributed by atoms with Crippen molar-refractivity contribution < 1.29 is 19.5 Å². The van der Waals surface area contributed by atoms with E-state index in [0.717, 1.165) is 24.8 Å². The van der Waals surface area contributed by atoms with E-state index < -0.39 is 28.7 Å². The fraction of sp³-hybridized carbons (Fsp3) is 0.483. The molecule has 0 aromatic heterocycles. The molecule has 0 aliphatic carbocycles. The molecule has 2 bridgehead atoms. The molecule has 1 spiro atoms. The van der Waals surface area contributed by atoms with Crippen molar-refractivity contribution in [2.75, 3.05) is 18.5 Å².